The van der Waals surface area contributed by atoms with E-state index in [1.54, 1.807) is 0 Å². The second kappa shape index (κ2) is 9.07. The van der Waals surface area contributed by atoms with E-state index in [9.17, 15) is 16.8 Å². The van der Waals surface area contributed by atoms with E-state index in [4.69, 9.17) is 0 Å². The van der Waals surface area contributed by atoms with E-state index in [1.807, 2.05) is 18.2 Å². The van der Waals surface area contributed by atoms with Crippen LogP contribution in [-0.4, -0.2) is 53.9 Å². The highest BCUT2D eigenvalue weighted by Crippen LogP contribution is 2.27. The molecule has 6 nitrogen and oxygen atoms in total. The van der Waals surface area contributed by atoms with Crippen LogP contribution in [0.5, 0.6) is 0 Å². The van der Waals surface area contributed by atoms with Crippen LogP contribution < -0.4 is 5.32 Å². The molecule has 0 aromatic heterocycles. The average molecular weight is 425 g/mol. The lowest BCUT2D eigenvalue weighted by atomic mass is 10.0. The standard InChI is InChI=1S/C20H28N2O4S2/c1-5-22(6-2)19(16-10-8-7-9-11-16)15-21-18-13-12-17(27(3,23)24)14-20(18)28(4,25)26/h7-14,19,21H,5-6,15H2,1-4H3/t19-/m1/s1. The summed E-state index contributed by atoms with van der Waals surface area (Å²) in [4.78, 5) is 2.26. The lowest BCUT2D eigenvalue weighted by Crippen LogP contribution is -2.33. The smallest absolute Gasteiger partial charge is 0.177 e. The Kier molecular flexibility index (Phi) is 7.25. The lowest BCUT2D eigenvalue weighted by molar-refractivity contribution is 0.228. The number of hydrogen-bond donors (Lipinski definition) is 1. The number of nitrogens with zero attached hydrogens (tertiary/aromatic N) is 1. The van der Waals surface area contributed by atoms with Crippen LogP contribution in [0, 0.1) is 0 Å². The predicted octanol–water partition coefficient (Wildman–Crippen LogP) is 2.99. The minimum absolute atomic E-state index is 0.0122. The van der Waals surface area contributed by atoms with Gasteiger partial charge in [0.2, 0.25) is 0 Å². The first kappa shape index (κ1) is 22.4. The summed E-state index contributed by atoms with van der Waals surface area (Å²) in [6.45, 7) is 6.37. The Balaban J connectivity index is 2.40. The van der Waals surface area contributed by atoms with Crippen LogP contribution in [-0.2, 0) is 19.7 Å². The normalized spacial score (nSPS) is 13.5. The summed E-state index contributed by atoms with van der Waals surface area (Å²) in [6.07, 6.45) is 2.14. The Bertz CT molecular complexity index is 1000. The van der Waals surface area contributed by atoms with Gasteiger partial charge < -0.3 is 5.32 Å². The summed E-state index contributed by atoms with van der Waals surface area (Å²) < 4.78 is 48.1. The molecule has 0 saturated carbocycles. The van der Waals surface area contributed by atoms with Gasteiger partial charge in [0.25, 0.3) is 0 Å². The quantitative estimate of drug-likeness (QED) is 0.666. The highest BCUT2D eigenvalue weighted by molar-refractivity contribution is 7.91. The van der Waals surface area contributed by atoms with Gasteiger partial charge in [-0.15, -0.1) is 0 Å². The molecule has 0 heterocycles. The summed E-state index contributed by atoms with van der Waals surface area (Å²) in [5.41, 5.74) is 1.54. The molecule has 0 amide bonds. The molecule has 28 heavy (non-hydrogen) atoms. The maximum atomic E-state index is 12.2. The van der Waals surface area contributed by atoms with Gasteiger partial charge in [-0.1, -0.05) is 44.2 Å². The number of hydrogen-bond acceptors (Lipinski definition) is 6. The molecule has 2 aromatic rings. The van der Waals surface area contributed by atoms with Gasteiger partial charge in [-0.3, -0.25) is 4.90 Å². The highest BCUT2D eigenvalue weighted by atomic mass is 32.2. The third-order valence-corrected chi connectivity index (χ3v) is 6.95. The molecule has 8 heteroatoms. The summed E-state index contributed by atoms with van der Waals surface area (Å²) in [5.74, 6) is 0. The monoisotopic (exact) mass is 424 g/mol. The van der Waals surface area contributed by atoms with Gasteiger partial charge in [-0.2, -0.15) is 0 Å². The zero-order valence-electron chi connectivity index (χ0n) is 16.7. The molecule has 1 N–H and O–H groups in total. The van der Waals surface area contributed by atoms with Crippen LogP contribution in [0.1, 0.15) is 25.5 Å². The van der Waals surface area contributed by atoms with Crippen molar-refractivity contribution < 1.29 is 16.8 Å². The zero-order chi connectivity index (χ0) is 20.9. The van der Waals surface area contributed by atoms with Gasteiger partial charge in [0, 0.05) is 19.1 Å². The molecule has 2 aromatic carbocycles. The fourth-order valence-corrected chi connectivity index (χ4v) is 4.79. The molecule has 2 rings (SSSR count). The fourth-order valence-electron chi connectivity index (χ4n) is 3.19. The third-order valence-electron chi connectivity index (χ3n) is 4.70. The van der Waals surface area contributed by atoms with Crippen LogP contribution >= 0.6 is 0 Å². The Morgan fingerprint density at radius 3 is 2.00 bits per heavy atom. The van der Waals surface area contributed by atoms with Crippen molar-refractivity contribution in [1.82, 2.24) is 4.90 Å². The minimum atomic E-state index is -3.60. The maximum absolute atomic E-state index is 12.2. The molecule has 1 atom stereocenters. The Hall–Kier alpha value is -1.90. The van der Waals surface area contributed by atoms with E-state index in [1.165, 1.54) is 18.2 Å². The van der Waals surface area contributed by atoms with Crippen molar-refractivity contribution in [3.05, 3.63) is 54.1 Å². The number of sulfone groups is 2. The fraction of sp³-hybridized carbons (Fsp3) is 0.400. The van der Waals surface area contributed by atoms with Crippen molar-refractivity contribution in [2.75, 3.05) is 37.5 Å². The average Bonchev–Trinajstić information content (AvgIpc) is 2.64. The van der Waals surface area contributed by atoms with Gasteiger partial charge in [0.05, 0.1) is 21.5 Å². The molecule has 0 aliphatic heterocycles. The van der Waals surface area contributed by atoms with Crippen molar-refractivity contribution in [2.45, 2.75) is 29.7 Å². The van der Waals surface area contributed by atoms with Gasteiger partial charge in [0.15, 0.2) is 19.7 Å². The maximum Gasteiger partial charge on any atom is 0.177 e. The van der Waals surface area contributed by atoms with E-state index in [2.05, 4.69) is 36.2 Å². The number of anilines is 1. The lowest BCUT2D eigenvalue weighted by Gasteiger charge is -2.31. The molecule has 0 radical (unpaired) electrons. The van der Waals surface area contributed by atoms with Gasteiger partial charge in [-0.05, 0) is 36.9 Å². The zero-order valence-corrected chi connectivity index (χ0v) is 18.3. The van der Waals surface area contributed by atoms with Crippen LogP contribution in [0.4, 0.5) is 5.69 Å². The minimum Gasteiger partial charge on any atom is -0.382 e. The second-order valence-corrected chi connectivity index (χ2v) is 10.7. The molecule has 154 valence electrons. The largest absolute Gasteiger partial charge is 0.382 e. The van der Waals surface area contributed by atoms with Crippen LogP contribution in [0.2, 0.25) is 0 Å². The van der Waals surface area contributed by atoms with Crippen LogP contribution in [0.25, 0.3) is 0 Å². The molecular formula is C20H28N2O4S2. The van der Waals surface area contributed by atoms with Crippen molar-refractivity contribution in [3.8, 4) is 0 Å². The molecule has 0 saturated heterocycles. The van der Waals surface area contributed by atoms with E-state index in [0.717, 1.165) is 31.2 Å². The van der Waals surface area contributed by atoms with Crippen LogP contribution in [0.3, 0.4) is 0 Å². The van der Waals surface area contributed by atoms with Crippen molar-refractivity contribution in [2.24, 2.45) is 0 Å². The second-order valence-electron chi connectivity index (χ2n) is 6.73. The van der Waals surface area contributed by atoms with E-state index in [0.29, 0.717) is 12.2 Å². The van der Waals surface area contributed by atoms with Gasteiger partial charge in [-0.25, -0.2) is 16.8 Å². The van der Waals surface area contributed by atoms with Gasteiger partial charge in [0.1, 0.15) is 0 Å². The van der Waals surface area contributed by atoms with Crippen molar-refractivity contribution in [3.63, 3.8) is 0 Å². The van der Waals surface area contributed by atoms with Crippen molar-refractivity contribution >= 4 is 25.4 Å². The Morgan fingerprint density at radius 1 is 0.893 bits per heavy atom. The summed E-state index contributed by atoms with van der Waals surface area (Å²) >= 11 is 0. The third kappa shape index (κ3) is 5.56. The first-order valence-electron chi connectivity index (χ1n) is 9.15. The number of benzene rings is 2. The first-order chi connectivity index (χ1) is 13.1. The molecule has 0 unspecified atom stereocenters. The molecule has 0 aliphatic carbocycles. The van der Waals surface area contributed by atoms with E-state index < -0.39 is 19.7 Å². The topological polar surface area (TPSA) is 83.6 Å². The number of nitrogens with one attached hydrogen (secondary N) is 1. The summed E-state index contributed by atoms with van der Waals surface area (Å²) in [6, 6.07) is 14.3. The molecular weight excluding hydrogens is 396 g/mol. The SMILES string of the molecule is CCN(CC)[C@H](CNc1ccc(S(C)(=O)=O)cc1S(C)(=O)=O)c1ccccc1. The summed E-state index contributed by atoms with van der Waals surface area (Å²) in [5, 5.41) is 3.23. The predicted molar refractivity (Wildman–Crippen MR) is 113 cm³/mol. The molecule has 0 spiro atoms. The number of rotatable bonds is 9. The van der Waals surface area contributed by atoms with E-state index >= 15 is 0 Å². The van der Waals surface area contributed by atoms with Crippen LogP contribution in [0.15, 0.2) is 58.3 Å². The molecule has 0 fully saturated rings. The number of likely N-dealkylation sites (N-methyl/N-ethyl adjacent to an activating group) is 1. The highest BCUT2D eigenvalue weighted by Gasteiger charge is 2.21. The van der Waals surface area contributed by atoms with Crippen molar-refractivity contribution in [1.29, 1.82) is 0 Å². The first-order valence-corrected chi connectivity index (χ1v) is 12.9. The Morgan fingerprint density at radius 2 is 1.50 bits per heavy atom. The summed E-state index contributed by atoms with van der Waals surface area (Å²) in [7, 11) is -7.10. The molecule has 0 bridgehead atoms. The Labute approximate surface area is 168 Å². The van der Waals surface area contributed by atoms with Gasteiger partial charge >= 0.3 is 0 Å². The molecule has 0 aliphatic rings. The van der Waals surface area contributed by atoms with E-state index in [-0.39, 0.29) is 15.8 Å².